The van der Waals surface area contributed by atoms with Crippen molar-refractivity contribution in [2.75, 3.05) is 6.54 Å². The molecular weight excluding hydrogens is 234 g/mol. The van der Waals surface area contributed by atoms with E-state index in [-0.39, 0.29) is 6.04 Å². The van der Waals surface area contributed by atoms with Crippen LogP contribution in [0.3, 0.4) is 0 Å². The van der Waals surface area contributed by atoms with Gasteiger partial charge in [-0.1, -0.05) is 38.1 Å². The third kappa shape index (κ3) is 3.48. The van der Waals surface area contributed by atoms with Crippen molar-refractivity contribution in [3.63, 3.8) is 0 Å². The van der Waals surface area contributed by atoms with E-state index in [1.54, 1.807) is 0 Å². The molecule has 0 aliphatic carbocycles. The number of hydrogen-bond acceptors (Lipinski definition) is 2. The Labute approximate surface area is 115 Å². The van der Waals surface area contributed by atoms with Gasteiger partial charge in [-0.05, 0) is 43.5 Å². The van der Waals surface area contributed by atoms with Crippen molar-refractivity contribution >= 4 is 0 Å². The molecule has 0 amide bonds. The summed E-state index contributed by atoms with van der Waals surface area (Å²) in [6.07, 6.45) is 4.06. The fourth-order valence-electron chi connectivity index (χ4n) is 2.28. The van der Waals surface area contributed by atoms with Crippen LogP contribution in [-0.4, -0.2) is 6.54 Å². The lowest BCUT2D eigenvalue weighted by atomic mass is 9.99. The Morgan fingerprint density at radius 2 is 1.84 bits per heavy atom. The van der Waals surface area contributed by atoms with Crippen LogP contribution in [0.2, 0.25) is 0 Å². The highest BCUT2D eigenvalue weighted by atomic mass is 16.3. The van der Waals surface area contributed by atoms with E-state index in [0.29, 0.717) is 0 Å². The molecule has 19 heavy (non-hydrogen) atoms. The second kappa shape index (κ2) is 6.58. The standard InChI is InChI=1S/C17H23NO/c1-4-10-18-17(16-11-13(3)19-12-16)15-8-6-14(5-2)7-9-15/h6-9,11-12,17-18H,4-5,10H2,1-3H3. The van der Waals surface area contributed by atoms with Crippen LogP contribution in [0, 0.1) is 6.92 Å². The fourth-order valence-corrected chi connectivity index (χ4v) is 2.28. The summed E-state index contributed by atoms with van der Waals surface area (Å²) in [5, 5.41) is 3.59. The van der Waals surface area contributed by atoms with Gasteiger partial charge in [-0.25, -0.2) is 0 Å². The molecule has 1 N–H and O–H groups in total. The lowest BCUT2D eigenvalue weighted by Gasteiger charge is -2.18. The molecule has 2 heteroatoms. The van der Waals surface area contributed by atoms with E-state index in [1.165, 1.54) is 16.7 Å². The molecule has 0 fully saturated rings. The van der Waals surface area contributed by atoms with E-state index >= 15 is 0 Å². The lowest BCUT2D eigenvalue weighted by Crippen LogP contribution is -2.22. The first-order valence-corrected chi connectivity index (χ1v) is 7.11. The number of furan rings is 1. The van der Waals surface area contributed by atoms with Gasteiger partial charge in [0, 0.05) is 5.56 Å². The minimum Gasteiger partial charge on any atom is -0.469 e. The summed E-state index contributed by atoms with van der Waals surface area (Å²) in [5.41, 5.74) is 3.88. The molecule has 2 aromatic rings. The van der Waals surface area contributed by atoms with Crippen LogP contribution < -0.4 is 5.32 Å². The zero-order valence-electron chi connectivity index (χ0n) is 12.1. The van der Waals surface area contributed by atoms with Gasteiger partial charge in [0.2, 0.25) is 0 Å². The van der Waals surface area contributed by atoms with E-state index in [4.69, 9.17) is 4.42 Å². The van der Waals surface area contributed by atoms with Gasteiger partial charge >= 0.3 is 0 Å². The summed E-state index contributed by atoms with van der Waals surface area (Å²) in [4.78, 5) is 0. The smallest absolute Gasteiger partial charge is 0.101 e. The summed E-state index contributed by atoms with van der Waals surface area (Å²) in [7, 11) is 0. The van der Waals surface area contributed by atoms with Crippen LogP contribution in [-0.2, 0) is 6.42 Å². The van der Waals surface area contributed by atoms with Crippen molar-refractivity contribution in [1.29, 1.82) is 0 Å². The number of benzene rings is 1. The lowest BCUT2D eigenvalue weighted by molar-refractivity contribution is 0.524. The number of nitrogens with one attached hydrogen (secondary N) is 1. The summed E-state index contributed by atoms with van der Waals surface area (Å²) < 4.78 is 5.45. The van der Waals surface area contributed by atoms with Crippen molar-refractivity contribution in [3.8, 4) is 0 Å². The minimum absolute atomic E-state index is 0.225. The first kappa shape index (κ1) is 13.9. The Morgan fingerprint density at radius 3 is 2.37 bits per heavy atom. The molecular formula is C17H23NO. The molecule has 0 aliphatic heterocycles. The van der Waals surface area contributed by atoms with Crippen molar-refractivity contribution in [3.05, 3.63) is 59.0 Å². The Hall–Kier alpha value is -1.54. The average Bonchev–Trinajstić information content (AvgIpc) is 2.86. The van der Waals surface area contributed by atoms with Gasteiger partial charge in [0.15, 0.2) is 0 Å². The molecule has 2 nitrogen and oxygen atoms in total. The maximum atomic E-state index is 5.45. The van der Waals surface area contributed by atoms with E-state index in [1.807, 2.05) is 13.2 Å². The van der Waals surface area contributed by atoms with E-state index in [0.717, 1.165) is 25.1 Å². The van der Waals surface area contributed by atoms with Gasteiger partial charge in [0.25, 0.3) is 0 Å². The highest BCUT2D eigenvalue weighted by Crippen LogP contribution is 2.24. The van der Waals surface area contributed by atoms with Crippen molar-refractivity contribution in [2.24, 2.45) is 0 Å². The third-order valence-corrected chi connectivity index (χ3v) is 3.40. The van der Waals surface area contributed by atoms with Crippen LogP contribution in [0.1, 0.15) is 48.8 Å². The average molecular weight is 257 g/mol. The molecule has 102 valence electrons. The largest absolute Gasteiger partial charge is 0.469 e. The summed E-state index contributed by atoms with van der Waals surface area (Å²) >= 11 is 0. The third-order valence-electron chi connectivity index (χ3n) is 3.40. The van der Waals surface area contributed by atoms with Crippen LogP contribution in [0.4, 0.5) is 0 Å². The molecule has 0 saturated carbocycles. The molecule has 0 saturated heterocycles. The van der Waals surface area contributed by atoms with Gasteiger partial charge in [0.1, 0.15) is 5.76 Å². The van der Waals surface area contributed by atoms with Crippen LogP contribution in [0.15, 0.2) is 41.0 Å². The zero-order valence-corrected chi connectivity index (χ0v) is 12.1. The maximum Gasteiger partial charge on any atom is 0.101 e. The Kier molecular flexibility index (Phi) is 4.80. The van der Waals surface area contributed by atoms with Crippen molar-refractivity contribution in [2.45, 2.75) is 39.7 Å². The van der Waals surface area contributed by atoms with Crippen molar-refractivity contribution < 1.29 is 4.42 Å². The van der Waals surface area contributed by atoms with Crippen LogP contribution >= 0.6 is 0 Å². The maximum absolute atomic E-state index is 5.45. The highest BCUT2D eigenvalue weighted by Gasteiger charge is 2.15. The molecule has 1 unspecified atom stereocenters. The Morgan fingerprint density at radius 1 is 1.11 bits per heavy atom. The predicted molar refractivity (Wildman–Crippen MR) is 79.4 cm³/mol. The van der Waals surface area contributed by atoms with Gasteiger partial charge in [-0.2, -0.15) is 0 Å². The molecule has 1 aromatic carbocycles. The Balaban J connectivity index is 2.25. The molecule has 1 heterocycles. The summed E-state index contributed by atoms with van der Waals surface area (Å²) in [5.74, 6) is 0.962. The number of rotatable bonds is 6. The summed E-state index contributed by atoms with van der Waals surface area (Å²) in [6.45, 7) is 7.36. The molecule has 0 radical (unpaired) electrons. The number of aryl methyl sites for hydroxylation is 2. The van der Waals surface area contributed by atoms with Gasteiger partial charge in [0.05, 0.1) is 12.3 Å². The quantitative estimate of drug-likeness (QED) is 0.837. The number of hydrogen-bond donors (Lipinski definition) is 1. The SMILES string of the molecule is CCCNC(c1ccc(CC)cc1)c1coc(C)c1. The van der Waals surface area contributed by atoms with E-state index in [9.17, 15) is 0 Å². The normalized spacial score (nSPS) is 12.6. The first-order valence-electron chi connectivity index (χ1n) is 7.11. The van der Waals surface area contributed by atoms with E-state index < -0.39 is 0 Å². The monoisotopic (exact) mass is 257 g/mol. The summed E-state index contributed by atoms with van der Waals surface area (Å²) in [6, 6.07) is 11.2. The molecule has 0 aliphatic rings. The molecule has 1 aromatic heterocycles. The van der Waals surface area contributed by atoms with Crippen LogP contribution in [0.5, 0.6) is 0 Å². The van der Waals surface area contributed by atoms with Gasteiger partial charge in [-0.3, -0.25) is 0 Å². The molecule has 1 atom stereocenters. The van der Waals surface area contributed by atoms with Gasteiger partial charge in [-0.15, -0.1) is 0 Å². The molecule has 0 spiro atoms. The second-order valence-corrected chi connectivity index (χ2v) is 4.97. The Bertz CT molecular complexity index is 498. The predicted octanol–water partition coefficient (Wildman–Crippen LogP) is 4.24. The molecule has 0 bridgehead atoms. The zero-order chi connectivity index (χ0) is 13.7. The topological polar surface area (TPSA) is 25.2 Å². The van der Waals surface area contributed by atoms with E-state index in [2.05, 4.69) is 49.5 Å². The second-order valence-electron chi connectivity index (χ2n) is 4.97. The molecule has 2 rings (SSSR count). The minimum atomic E-state index is 0.225. The highest BCUT2D eigenvalue weighted by molar-refractivity contribution is 5.32. The van der Waals surface area contributed by atoms with Crippen LogP contribution in [0.25, 0.3) is 0 Å². The van der Waals surface area contributed by atoms with Crippen molar-refractivity contribution in [1.82, 2.24) is 5.32 Å². The first-order chi connectivity index (χ1) is 9.24. The fraction of sp³-hybridized carbons (Fsp3) is 0.412. The van der Waals surface area contributed by atoms with Gasteiger partial charge < -0.3 is 9.73 Å².